The molecule has 202 valence electrons. The van der Waals surface area contributed by atoms with Crippen LogP contribution < -0.4 is 9.47 Å². The zero-order valence-electron chi connectivity index (χ0n) is 20.2. The molecule has 2 atom stereocenters. The second-order valence-corrected chi connectivity index (χ2v) is 11.4. The number of benzene rings is 2. The number of hydrogen-bond donors (Lipinski definition) is 1. The van der Waals surface area contributed by atoms with Crippen LogP contribution in [0, 0.1) is 5.92 Å². The number of rotatable bonds is 8. The fraction of sp³-hybridized carbons (Fsp3) is 0.500. The number of halogens is 3. The average Bonchev–Trinajstić information content (AvgIpc) is 2.88. The van der Waals surface area contributed by atoms with Crippen molar-refractivity contribution in [2.45, 2.75) is 68.2 Å². The van der Waals surface area contributed by atoms with Gasteiger partial charge in [-0.05, 0) is 73.7 Å². The predicted octanol–water partition coefficient (Wildman–Crippen LogP) is 5.35. The van der Waals surface area contributed by atoms with Gasteiger partial charge in [0.15, 0.2) is 0 Å². The van der Waals surface area contributed by atoms with E-state index in [-0.39, 0.29) is 30.0 Å². The zero-order valence-corrected chi connectivity index (χ0v) is 21.0. The summed E-state index contributed by atoms with van der Waals surface area (Å²) in [5.41, 5.74) is -0.824. The number of carboxylic acid groups (broad SMARTS) is 1. The Morgan fingerprint density at radius 3 is 2.16 bits per heavy atom. The first-order valence-corrected chi connectivity index (χ1v) is 13.8. The Labute approximate surface area is 214 Å². The lowest BCUT2D eigenvalue weighted by Crippen LogP contribution is -2.52. The quantitative estimate of drug-likeness (QED) is 0.484. The lowest BCUT2D eigenvalue weighted by Gasteiger charge is -2.36. The van der Waals surface area contributed by atoms with E-state index >= 15 is 0 Å². The highest BCUT2D eigenvalue weighted by molar-refractivity contribution is 7.89. The Balaban J connectivity index is 1.39. The molecule has 2 aromatic carbocycles. The van der Waals surface area contributed by atoms with Crippen molar-refractivity contribution in [2.75, 3.05) is 13.2 Å². The van der Waals surface area contributed by atoms with E-state index in [0.717, 1.165) is 29.3 Å². The molecule has 1 N–H and O–H groups in total. The molecule has 2 aromatic rings. The lowest BCUT2D eigenvalue weighted by molar-refractivity contribution is -0.143. The predicted molar refractivity (Wildman–Crippen MR) is 129 cm³/mol. The Morgan fingerprint density at radius 2 is 1.57 bits per heavy atom. The molecule has 2 aliphatic rings. The molecule has 37 heavy (non-hydrogen) atoms. The number of piperidine rings is 1. The number of carbonyl (C=O) groups is 1. The molecule has 7 nitrogen and oxygen atoms in total. The molecule has 1 heterocycles. The highest BCUT2D eigenvalue weighted by atomic mass is 32.2. The van der Waals surface area contributed by atoms with E-state index < -0.39 is 39.9 Å². The van der Waals surface area contributed by atoms with E-state index in [4.69, 9.17) is 9.47 Å². The Kier molecular flexibility index (Phi) is 8.33. The van der Waals surface area contributed by atoms with E-state index in [9.17, 15) is 31.5 Å². The van der Waals surface area contributed by atoms with Crippen LogP contribution in [0.2, 0.25) is 0 Å². The van der Waals surface area contributed by atoms with Gasteiger partial charge in [0, 0.05) is 13.0 Å². The van der Waals surface area contributed by atoms with E-state index in [1.165, 1.54) is 43.5 Å². The fourth-order valence-electron chi connectivity index (χ4n) is 4.86. The van der Waals surface area contributed by atoms with Crippen LogP contribution in [0.3, 0.4) is 0 Å². The number of sulfonamides is 1. The summed E-state index contributed by atoms with van der Waals surface area (Å²) < 4.78 is 77.4. The van der Waals surface area contributed by atoms with Gasteiger partial charge in [0.25, 0.3) is 0 Å². The summed E-state index contributed by atoms with van der Waals surface area (Å²) in [7, 11) is -4.11. The SMILES string of the molecule is O=C(O)[C@H]1C[C@@H](Oc2ccc(C(F)(F)F)cc2)CCN1S(=O)(=O)c1ccc(OCC2CCCCC2)cc1. The molecular weight excluding hydrogens is 511 g/mol. The summed E-state index contributed by atoms with van der Waals surface area (Å²) in [4.78, 5) is 11.9. The molecule has 0 unspecified atom stereocenters. The second-order valence-electron chi connectivity index (χ2n) is 9.54. The molecule has 0 bridgehead atoms. The molecule has 0 spiro atoms. The molecule has 1 saturated carbocycles. The Hall–Kier alpha value is -2.79. The van der Waals surface area contributed by atoms with E-state index in [0.29, 0.717) is 18.3 Å². The maximum absolute atomic E-state index is 13.3. The molecule has 0 amide bonds. The van der Waals surface area contributed by atoms with Gasteiger partial charge in [-0.1, -0.05) is 19.3 Å². The zero-order chi connectivity index (χ0) is 26.6. The van der Waals surface area contributed by atoms with Gasteiger partial charge in [-0.3, -0.25) is 4.79 Å². The van der Waals surface area contributed by atoms with Gasteiger partial charge in [0.1, 0.15) is 23.6 Å². The number of hydrogen-bond acceptors (Lipinski definition) is 5. The first-order valence-electron chi connectivity index (χ1n) is 12.4. The van der Waals surface area contributed by atoms with Crippen molar-refractivity contribution in [2.24, 2.45) is 5.92 Å². The highest BCUT2D eigenvalue weighted by Gasteiger charge is 2.41. The van der Waals surface area contributed by atoms with Crippen LogP contribution in [0.4, 0.5) is 13.2 Å². The molecule has 2 fully saturated rings. The van der Waals surface area contributed by atoms with Crippen molar-refractivity contribution in [3.63, 3.8) is 0 Å². The molecule has 0 radical (unpaired) electrons. The van der Waals surface area contributed by atoms with Crippen LogP contribution in [0.25, 0.3) is 0 Å². The first kappa shape index (κ1) is 27.3. The maximum atomic E-state index is 13.3. The van der Waals surface area contributed by atoms with Gasteiger partial charge in [0.2, 0.25) is 10.0 Å². The van der Waals surface area contributed by atoms with Gasteiger partial charge in [-0.15, -0.1) is 0 Å². The van der Waals surface area contributed by atoms with Crippen molar-refractivity contribution < 1.29 is 41.0 Å². The third-order valence-corrected chi connectivity index (χ3v) is 8.84. The van der Waals surface area contributed by atoms with E-state index in [1.54, 1.807) is 12.1 Å². The van der Waals surface area contributed by atoms with Crippen molar-refractivity contribution in [3.05, 3.63) is 54.1 Å². The van der Waals surface area contributed by atoms with Crippen LogP contribution in [-0.4, -0.2) is 49.1 Å². The standard InChI is InChI=1S/C26H30F3NO6S/c27-26(28,29)19-6-8-21(9-7-19)36-22-14-15-30(24(16-22)25(31)32)37(33,34)23-12-10-20(11-13-23)35-17-18-4-2-1-3-5-18/h6-13,18,22,24H,1-5,14-17H2,(H,31,32)/t22-,24+/m0/s1. The monoisotopic (exact) mass is 541 g/mol. The topological polar surface area (TPSA) is 93.1 Å². The third-order valence-electron chi connectivity index (χ3n) is 6.92. The van der Waals surface area contributed by atoms with Crippen molar-refractivity contribution in [1.82, 2.24) is 4.31 Å². The molecule has 1 aliphatic heterocycles. The van der Waals surface area contributed by atoms with E-state index in [1.807, 2.05) is 0 Å². The fourth-order valence-corrected chi connectivity index (χ4v) is 6.46. The van der Waals surface area contributed by atoms with Crippen LogP contribution in [0.15, 0.2) is 53.4 Å². The van der Waals surface area contributed by atoms with Crippen molar-refractivity contribution in [1.29, 1.82) is 0 Å². The number of alkyl halides is 3. The highest BCUT2D eigenvalue weighted by Crippen LogP contribution is 2.33. The van der Waals surface area contributed by atoms with Gasteiger partial charge >= 0.3 is 12.1 Å². The van der Waals surface area contributed by atoms with Gasteiger partial charge in [0.05, 0.1) is 17.1 Å². The molecule has 11 heteroatoms. The van der Waals surface area contributed by atoms with Crippen LogP contribution in [-0.2, 0) is 21.0 Å². The number of ether oxygens (including phenoxy) is 2. The summed E-state index contributed by atoms with van der Waals surface area (Å²) in [6.45, 7) is 0.476. The minimum Gasteiger partial charge on any atom is -0.493 e. The van der Waals surface area contributed by atoms with Crippen molar-refractivity contribution >= 4 is 16.0 Å². The summed E-state index contributed by atoms with van der Waals surface area (Å²) >= 11 is 0. The smallest absolute Gasteiger partial charge is 0.416 e. The molecule has 1 aliphatic carbocycles. The lowest BCUT2D eigenvalue weighted by atomic mass is 9.90. The summed E-state index contributed by atoms with van der Waals surface area (Å²) in [5.74, 6) is -0.110. The summed E-state index contributed by atoms with van der Waals surface area (Å²) in [6.07, 6.45) is 0.795. The van der Waals surface area contributed by atoms with E-state index in [2.05, 4.69) is 0 Å². The normalized spacial score (nSPS) is 21.9. The first-order chi connectivity index (χ1) is 17.5. The number of carboxylic acids is 1. The summed E-state index contributed by atoms with van der Waals surface area (Å²) in [6, 6.07) is 8.69. The number of aliphatic carboxylic acids is 1. The molecule has 4 rings (SSSR count). The molecule has 1 saturated heterocycles. The maximum Gasteiger partial charge on any atom is 0.416 e. The Bertz CT molecular complexity index is 1160. The van der Waals surface area contributed by atoms with Gasteiger partial charge in [-0.25, -0.2) is 8.42 Å². The Morgan fingerprint density at radius 1 is 0.946 bits per heavy atom. The second kappa shape index (κ2) is 11.3. The van der Waals surface area contributed by atoms with Gasteiger partial charge < -0.3 is 14.6 Å². The van der Waals surface area contributed by atoms with Crippen LogP contribution in [0.5, 0.6) is 11.5 Å². The minimum absolute atomic E-state index is 0.0362. The minimum atomic E-state index is -4.48. The largest absolute Gasteiger partial charge is 0.493 e. The summed E-state index contributed by atoms with van der Waals surface area (Å²) in [5, 5.41) is 9.76. The molecule has 0 aromatic heterocycles. The average molecular weight is 542 g/mol. The van der Waals surface area contributed by atoms with Crippen LogP contribution >= 0.6 is 0 Å². The number of nitrogens with zero attached hydrogens (tertiary/aromatic N) is 1. The van der Waals surface area contributed by atoms with Gasteiger partial charge in [-0.2, -0.15) is 17.5 Å². The molecular formula is C26H30F3NO6S. The third kappa shape index (κ3) is 6.75. The van der Waals surface area contributed by atoms with Crippen LogP contribution in [0.1, 0.15) is 50.5 Å². The van der Waals surface area contributed by atoms with Crippen molar-refractivity contribution in [3.8, 4) is 11.5 Å².